The lowest BCUT2D eigenvalue weighted by Crippen LogP contribution is -2.23. The maximum atomic E-state index is 12.3. The molecule has 11 heteroatoms. The highest BCUT2D eigenvalue weighted by molar-refractivity contribution is 5.63. The molecular formula is C20H16F2N6O3. The van der Waals surface area contributed by atoms with Gasteiger partial charge in [0.15, 0.2) is 5.65 Å². The smallest absolute Gasteiger partial charge is 0.325 e. The van der Waals surface area contributed by atoms with Crippen LogP contribution in [0.5, 0.6) is 5.75 Å². The third kappa shape index (κ3) is 3.69. The molecule has 1 fully saturated rings. The predicted octanol–water partition coefficient (Wildman–Crippen LogP) is 2.08. The van der Waals surface area contributed by atoms with Crippen molar-refractivity contribution >= 4 is 5.65 Å². The van der Waals surface area contributed by atoms with Crippen LogP contribution in [-0.2, 0) is 0 Å². The van der Waals surface area contributed by atoms with E-state index in [0.29, 0.717) is 17.1 Å². The van der Waals surface area contributed by atoms with E-state index in [1.807, 2.05) is 0 Å². The minimum atomic E-state index is -2.54. The molecule has 4 aromatic heterocycles. The number of hydrogen-bond acceptors (Lipinski definition) is 6. The molecule has 158 valence electrons. The SMILES string of the molecule is O=c1[nH]cc(-c2cc([C@H]3C[C@@H]3c3ccc(OCC(F)F)cn3)c3nccn3n2)c(=O)[nH]1. The van der Waals surface area contributed by atoms with Crippen LogP contribution in [0.15, 0.2) is 52.6 Å². The second-order valence-corrected chi connectivity index (χ2v) is 7.24. The van der Waals surface area contributed by atoms with E-state index in [2.05, 4.69) is 25.0 Å². The molecule has 1 aliphatic rings. The van der Waals surface area contributed by atoms with Crippen LogP contribution in [0.3, 0.4) is 0 Å². The summed E-state index contributed by atoms with van der Waals surface area (Å²) in [6.45, 7) is -0.672. The van der Waals surface area contributed by atoms with Crippen molar-refractivity contribution in [1.82, 2.24) is 29.5 Å². The fourth-order valence-electron chi connectivity index (χ4n) is 3.67. The monoisotopic (exact) mass is 426 g/mol. The summed E-state index contributed by atoms with van der Waals surface area (Å²) in [4.78, 5) is 36.9. The Hall–Kier alpha value is -3.89. The molecule has 5 rings (SSSR count). The normalized spacial score (nSPS) is 17.9. The Morgan fingerprint density at radius 1 is 1.23 bits per heavy atom. The molecule has 0 unspecified atom stereocenters. The molecule has 0 amide bonds. The molecule has 2 atom stereocenters. The van der Waals surface area contributed by atoms with E-state index in [1.54, 1.807) is 35.1 Å². The second kappa shape index (κ2) is 7.42. The van der Waals surface area contributed by atoms with Crippen molar-refractivity contribution in [3.8, 4) is 17.0 Å². The van der Waals surface area contributed by atoms with Crippen LogP contribution in [0.2, 0.25) is 0 Å². The van der Waals surface area contributed by atoms with Gasteiger partial charge in [0, 0.05) is 35.8 Å². The van der Waals surface area contributed by atoms with Crippen molar-refractivity contribution in [2.75, 3.05) is 6.61 Å². The summed E-state index contributed by atoms with van der Waals surface area (Å²) in [6, 6.07) is 5.20. The van der Waals surface area contributed by atoms with Gasteiger partial charge < -0.3 is 9.72 Å². The number of rotatable bonds is 6. The molecule has 4 aromatic rings. The average molecular weight is 426 g/mol. The van der Waals surface area contributed by atoms with Gasteiger partial charge in [-0.15, -0.1) is 0 Å². The first-order chi connectivity index (χ1) is 15.0. The summed E-state index contributed by atoms with van der Waals surface area (Å²) in [6.07, 6.45) is 4.36. The van der Waals surface area contributed by atoms with Gasteiger partial charge in [0.1, 0.15) is 12.4 Å². The number of nitrogens with one attached hydrogen (secondary N) is 2. The van der Waals surface area contributed by atoms with Crippen molar-refractivity contribution in [3.05, 3.63) is 75.1 Å². The number of aromatic nitrogens is 6. The number of hydrogen-bond donors (Lipinski definition) is 2. The number of alkyl halides is 2. The van der Waals surface area contributed by atoms with Crippen molar-refractivity contribution < 1.29 is 13.5 Å². The van der Waals surface area contributed by atoms with Crippen LogP contribution in [0, 0.1) is 0 Å². The average Bonchev–Trinajstić information content (AvgIpc) is 3.40. The molecule has 9 nitrogen and oxygen atoms in total. The second-order valence-electron chi connectivity index (χ2n) is 7.24. The van der Waals surface area contributed by atoms with Gasteiger partial charge in [0.05, 0.1) is 17.5 Å². The van der Waals surface area contributed by atoms with E-state index in [9.17, 15) is 18.4 Å². The Morgan fingerprint density at radius 3 is 2.84 bits per heavy atom. The van der Waals surface area contributed by atoms with Crippen LogP contribution in [0.25, 0.3) is 16.9 Å². The summed E-state index contributed by atoms with van der Waals surface area (Å²) in [5.41, 5.74) is 1.93. The summed E-state index contributed by atoms with van der Waals surface area (Å²) >= 11 is 0. The summed E-state index contributed by atoms with van der Waals surface area (Å²) < 4.78 is 31.1. The molecule has 0 spiro atoms. The fraction of sp³-hybridized carbons (Fsp3) is 0.250. The minimum Gasteiger partial charge on any atom is -0.486 e. The molecule has 31 heavy (non-hydrogen) atoms. The number of ether oxygens (including phenoxy) is 1. The van der Waals surface area contributed by atoms with Gasteiger partial charge in [0.2, 0.25) is 0 Å². The highest BCUT2D eigenvalue weighted by Crippen LogP contribution is 2.55. The molecule has 1 aliphatic carbocycles. The third-order valence-corrected chi connectivity index (χ3v) is 5.19. The van der Waals surface area contributed by atoms with E-state index in [0.717, 1.165) is 17.7 Å². The van der Waals surface area contributed by atoms with Gasteiger partial charge in [-0.3, -0.25) is 14.8 Å². The largest absolute Gasteiger partial charge is 0.486 e. The van der Waals surface area contributed by atoms with Crippen LogP contribution < -0.4 is 16.0 Å². The zero-order valence-corrected chi connectivity index (χ0v) is 16.0. The number of halogens is 2. The highest BCUT2D eigenvalue weighted by Gasteiger charge is 2.42. The van der Waals surface area contributed by atoms with Crippen molar-refractivity contribution in [1.29, 1.82) is 0 Å². The summed E-state index contributed by atoms with van der Waals surface area (Å²) in [5.74, 6) is 0.517. The maximum absolute atomic E-state index is 12.3. The number of fused-ring (bicyclic) bond motifs is 1. The number of pyridine rings is 1. The van der Waals surface area contributed by atoms with Crippen LogP contribution in [0.1, 0.15) is 29.5 Å². The Morgan fingerprint density at radius 2 is 2.10 bits per heavy atom. The van der Waals surface area contributed by atoms with E-state index >= 15 is 0 Å². The van der Waals surface area contributed by atoms with Gasteiger partial charge in [-0.1, -0.05) is 0 Å². The molecule has 0 aromatic carbocycles. The van der Waals surface area contributed by atoms with Crippen molar-refractivity contribution in [3.63, 3.8) is 0 Å². The number of aromatic amines is 2. The minimum absolute atomic E-state index is 0.105. The Kier molecular flexibility index (Phi) is 4.57. The first-order valence-corrected chi connectivity index (χ1v) is 9.53. The number of nitrogens with zero attached hydrogens (tertiary/aromatic N) is 4. The Bertz CT molecular complexity index is 1360. The number of imidazole rings is 1. The maximum Gasteiger partial charge on any atom is 0.325 e. The van der Waals surface area contributed by atoms with E-state index in [1.165, 1.54) is 12.4 Å². The van der Waals surface area contributed by atoms with Gasteiger partial charge in [-0.2, -0.15) is 5.10 Å². The van der Waals surface area contributed by atoms with E-state index < -0.39 is 24.3 Å². The Labute approximate surface area is 172 Å². The lowest BCUT2D eigenvalue weighted by Gasteiger charge is -2.08. The van der Waals surface area contributed by atoms with E-state index in [4.69, 9.17) is 4.74 Å². The van der Waals surface area contributed by atoms with Crippen molar-refractivity contribution in [2.24, 2.45) is 0 Å². The standard InChI is InChI=1S/C20H16F2N6O3/c21-17(22)9-31-10-1-2-15(24-7-10)12-5-11(12)13-6-16(27-28-4-3-23-18(13)28)14-8-25-20(30)26-19(14)29/h1-4,6-8,11-12,17H,5,9H2,(H2,25,26,29,30)/t11-,12-/m0/s1. The zero-order valence-electron chi connectivity index (χ0n) is 16.0. The lowest BCUT2D eigenvalue weighted by molar-refractivity contribution is 0.0817. The zero-order chi connectivity index (χ0) is 21.5. The van der Waals surface area contributed by atoms with Crippen LogP contribution >= 0.6 is 0 Å². The van der Waals surface area contributed by atoms with Gasteiger partial charge in [-0.25, -0.2) is 23.1 Å². The topological polar surface area (TPSA) is 118 Å². The van der Waals surface area contributed by atoms with Crippen LogP contribution in [0.4, 0.5) is 8.78 Å². The molecule has 2 N–H and O–H groups in total. The van der Waals surface area contributed by atoms with Crippen LogP contribution in [-0.4, -0.2) is 42.6 Å². The predicted molar refractivity (Wildman–Crippen MR) is 105 cm³/mol. The quantitative estimate of drug-likeness (QED) is 0.487. The molecule has 0 aliphatic heterocycles. The first-order valence-electron chi connectivity index (χ1n) is 9.53. The summed E-state index contributed by atoms with van der Waals surface area (Å²) in [5, 5.41) is 4.43. The lowest BCUT2D eigenvalue weighted by atomic mass is 10.1. The molecule has 1 saturated carbocycles. The molecule has 0 bridgehead atoms. The number of H-pyrrole nitrogens is 2. The molecule has 0 saturated heterocycles. The fourth-order valence-corrected chi connectivity index (χ4v) is 3.67. The van der Waals surface area contributed by atoms with Crippen molar-refractivity contribution in [2.45, 2.75) is 24.7 Å². The Balaban J connectivity index is 1.45. The third-order valence-electron chi connectivity index (χ3n) is 5.19. The highest BCUT2D eigenvalue weighted by atomic mass is 19.3. The van der Waals surface area contributed by atoms with Gasteiger partial charge in [-0.05, 0) is 30.5 Å². The van der Waals surface area contributed by atoms with E-state index in [-0.39, 0.29) is 17.4 Å². The summed E-state index contributed by atoms with van der Waals surface area (Å²) in [7, 11) is 0. The first kappa shape index (κ1) is 19.1. The van der Waals surface area contributed by atoms with Gasteiger partial charge in [0.25, 0.3) is 12.0 Å². The van der Waals surface area contributed by atoms with Gasteiger partial charge >= 0.3 is 5.69 Å². The molecule has 0 radical (unpaired) electrons. The molecule has 4 heterocycles. The molecular weight excluding hydrogens is 410 g/mol.